The van der Waals surface area contributed by atoms with E-state index in [2.05, 4.69) is 0 Å². The number of hydrogen-bond donors (Lipinski definition) is 1. The predicted molar refractivity (Wildman–Crippen MR) is 72.8 cm³/mol. The highest BCUT2D eigenvalue weighted by atomic mass is 35.5. The van der Waals surface area contributed by atoms with Gasteiger partial charge in [-0.05, 0) is 18.6 Å². The second kappa shape index (κ2) is 9.16. The largest absolute Gasteiger partial charge is 0.398 e. The molecule has 0 saturated heterocycles. The van der Waals surface area contributed by atoms with E-state index in [0.29, 0.717) is 37.1 Å². The van der Waals surface area contributed by atoms with Crippen LogP contribution in [0.1, 0.15) is 12.0 Å². The van der Waals surface area contributed by atoms with Crippen LogP contribution < -0.4 is 5.73 Å². The topological polar surface area (TPSA) is 53.7 Å². The fourth-order valence-electron chi connectivity index (χ4n) is 1.40. The highest BCUT2D eigenvalue weighted by molar-refractivity contribution is 6.30. The number of anilines is 1. The zero-order chi connectivity index (χ0) is 13.2. The number of methoxy groups -OCH3 is 1. The summed E-state index contributed by atoms with van der Waals surface area (Å²) in [6, 6.07) is 5.40. The van der Waals surface area contributed by atoms with Gasteiger partial charge in [0.2, 0.25) is 0 Å². The first-order valence-corrected chi connectivity index (χ1v) is 6.30. The van der Waals surface area contributed by atoms with Gasteiger partial charge in [0, 0.05) is 36.6 Å². The number of nitrogen functional groups attached to an aromatic ring is 1. The zero-order valence-corrected chi connectivity index (χ0v) is 11.4. The number of halogens is 1. The van der Waals surface area contributed by atoms with Gasteiger partial charge in [-0.15, -0.1) is 0 Å². The summed E-state index contributed by atoms with van der Waals surface area (Å²) in [4.78, 5) is 0. The van der Waals surface area contributed by atoms with Crippen LogP contribution >= 0.6 is 11.6 Å². The fraction of sp³-hybridized carbons (Fsp3) is 0.538. The molecule has 1 aromatic rings. The van der Waals surface area contributed by atoms with Gasteiger partial charge in [-0.3, -0.25) is 0 Å². The summed E-state index contributed by atoms with van der Waals surface area (Å²) in [7, 11) is 1.68. The summed E-state index contributed by atoms with van der Waals surface area (Å²) in [6.45, 7) is 3.03. The van der Waals surface area contributed by atoms with Gasteiger partial charge in [0.15, 0.2) is 0 Å². The summed E-state index contributed by atoms with van der Waals surface area (Å²) in [6.07, 6.45) is 0.903. The summed E-state index contributed by atoms with van der Waals surface area (Å²) < 4.78 is 15.7. The van der Waals surface area contributed by atoms with Crippen LogP contribution in [0.4, 0.5) is 5.69 Å². The molecule has 0 amide bonds. The highest BCUT2D eigenvalue weighted by Gasteiger charge is 2.00. The van der Waals surface area contributed by atoms with Gasteiger partial charge in [0.05, 0.1) is 19.8 Å². The average Bonchev–Trinajstić information content (AvgIpc) is 2.35. The van der Waals surface area contributed by atoms with Crippen LogP contribution in [0.5, 0.6) is 0 Å². The Morgan fingerprint density at radius 3 is 2.61 bits per heavy atom. The van der Waals surface area contributed by atoms with Gasteiger partial charge in [-0.25, -0.2) is 0 Å². The molecule has 0 fully saturated rings. The first-order valence-electron chi connectivity index (χ1n) is 5.92. The molecule has 18 heavy (non-hydrogen) atoms. The van der Waals surface area contributed by atoms with Gasteiger partial charge in [-0.2, -0.15) is 0 Å². The standard InChI is InChI=1S/C13H20ClNO3/c1-16-5-2-6-17-7-8-18-10-11-3-4-12(14)9-13(11)15/h3-4,9H,2,5-8,10,15H2,1H3. The van der Waals surface area contributed by atoms with Crippen molar-refractivity contribution >= 4 is 17.3 Å². The van der Waals surface area contributed by atoms with Crippen LogP contribution in [0.25, 0.3) is 0 Å². The van der Waals surface area contributed by atoms with Crippen molar-refractivity contribution in [2.45, 2.75) is 13.0 Å². The number of benzene rings is 1. The lowest BCUT2D eigenvalue weighted by atomic mass is 10.2. The Hall–Kier alpha value is -0.810. The molecule has 1 rings (SSSR count). The van der Waals surface area contributed by atoms with Crippen molar-refractivity contribution in [3.8, 4) is 0 Å². The summed E-state index contributed by atoms with van der Waals surface area (Å²) in [5, 5.41) is 0.637. The highest BCUT2D eigenvalue weighted by Crippen LogP contribution is 2.18. The second-order valence-corrected chi connectivity index (χ2v) is 4.29. The van der Waals surface area contributed by atoms with Crippen molar-refractivity contribution in [3.63, 3.8) is 0 Å². The molecular weight excluding hydrogens is 254 g/mol. The molecule has 2 N–H and O–H groups in total. The number of rotatable bonds is 9. The molecule has 5 heteroatoms. The van der Waals surface area contributed by atoms with E-state index in [-0.39, 0.29) is 0 Å². The van der Waals surface area contributed by atoms with Crippen molar-refractivity contribution < 1.29 is 14.2 Å². The van der Waals surface area contributed by atoms with E-state index < -0.39 is 0 Å². The molecular formula is C13H20ClNO3. The van der Waals surface area contributed by atoms with Gasteiger partial charge < -0.3 is 19.9 Å². The number of nitrogens with two attached hydrogens (primary N) is 1. The third-order valence-corrected chi connectivity index (χ3v) is 2.61. The number of hydrogen-bond acceptors (Lipinski definition) is 4. The normalized spacial score (nSPS) is 10.8. The minimum Gasteiger partial charge on any atom is -0.398 e. The molecule has 0 saturated carbocycles. The van der Waals surface area contributed by atoms with Crippen molar-refractivity contribution in [3.05, 3.63) is 28.8 Å². The maximum atomic E-state index is 5.81. The van der Waals surface area contributed by atoms with E-state index in [1.54, 1.807) is 19.2 Å². The van der Waals surface area contributed by atoms with Gasteiger partial charge in [0.1, 0.15) is 0 Å². The maximum absolute atomic E-state index is 5.81. The minimum atomic E-state index is 0.477. The fourth-order valence-corrected chi connectivity index (χ4v) is 1.59. The van der Waals surface area contributed by atoms with Crippen molar-refractivity contribution in [1.82, 2.24) is 0 Å². The lowest BCUT2D eigenvalue weighted by molar-refractivity contribution is 0.0338. The lowest BCUT2D eigenvalue weighted by Gasteiger charge is -2.08. The molecule has 0 spiro atoms. The quantitative estimate of drug-likeness (QED) is 0.555. The Bertz CT molecular complexity index is 347. The summed E-state index contributed by atoms with van der Waals surface area (Å²) >= 11 is 5.81. The van der Waals surface area contributed by atoms with E-state index in [1.807, 2.05) is 6.07 Å². The van der Waals surface area contributed by atoms with E-state index in [4.69, 9.17) is 31.5 Å². The van der Waals surface area contributed by atoms with Crippen LogP contribution in [-0.2, 0) is 20.8 Å². The smallest absolute Gasteiger partial charge is 0.0738 e. The first kappa shape index (κ1) is 15.2. The van der Waals surface area contributed by atoms with E-state index in [1.165, 1.54) is 0 Å². The van der Waals surface area contributed by atoms with Gasteiger partial charge in [0.25, 0.3) is 0 Å². The maximum Gasteiger partial charge on any atom is 0.0738 e. The third-order valence-electron chi connectivity index (χ3n) is 2.37. The summed E-state index contributed by atoms with van der Waals surface area (Å²) in [5.41, 5.74) is 7.41. The third kappa shape index (κ3) is 6.21. The average molecular weight is 274 g/mol. The van der Waals surface area contributed by atoms with Crippen molar-refractivity contribution in [1.29, 1.82) is 0 Å². The molecule has 102 valence electrons. The Labute approximate surface area is 113 Å². The van der Waals surface area contributed by atoms with Gasteiger partial charge in [-0.1, -0.05) is 17.7 Å². The van der Waals surface area contributed by atoms with E-state index in [0.717, 1.165) is 18.6 Å². The van der Waals surface area contributed by atoms with Crippen LogP contribution in [0.15, 0.2) is 18.2 Å². The van der Waals surface area contributed by atoms with E-state index >= 15 is 0 Å². The number of ether oxygens (including phenoxy) is 3. The van der Waals surface area contributed by atoms with Crippen LogP contribution in [0, 0.1) is 0 Å². The molecule has 0 radical (unpaired) electrons. The Kier molecular flexibility index (Phi) is 7.76. The second-order valence-electron chi connectivity index (χ2n) is 3.85. The molecule has 0 aromatic heterocycles. The SMILES string of the molecule is COCCCOCCOCc1ccc(Cl)cc1N. The molecule has 0 atom stereocenters. The molecule has 0 aliphatic rings. The summed E-state index contributed by atoms with van der Waals surface area (Å²) in [5.74, 6) is 0. The van der Waals surface area contributed by atoms with E-state index in [9.17, 15) is 0 Å². The molecule has 0 bridgehead atoms. The predicted octanol–water partition coefficient (Wildman–Crippen LogP) is 2.49. The molecule has 0 aliphatic heterocycles. The van der Waals surface area contributed by atoms with Crippen LogP contribution in [-0.4, -0.2) is 33.5 Å². The molecule has 0 unspecified atom stereocenters. The zero-order valence-electron chi connectivity index (χ0n) is 10.7. The minimum absolute atomic E-state index is 0.477. The monoisotopic (exact) mass is 273 g/mol. The van der Waals surface area contributed by atoms with Crippen LogP contribution in [0.2, 0.25) is 5.02 Å². The first-order chi connectivity index (χ1) is 8.74. The molecule has 0 aliphatic carbocycles. The van der Waals surface area contributed by atoms with Crippen molar-refractivity contribution in [2.75, 3.05) is 39.3 Å². The Morgan fingerprint density at radius 2 is 1.89 bits per heavy atom. The molecule has 1 aromatic carbocycles. The Balaban J connectivity index is 2.07. The molecule has 4 nitrogen and oxygen atoms in total. The van der Waals surface area contributed by atoms with Crippen LogP contribution in [0.3, 0.4) is 0 Å². The van der Waals surface area contributed by atoms with Gasteiger partial charge >= 0.3 is 0 Å². The molecule has 0 heterocycles. The Morgan fingerprint density at radius 1 is 1.11 bits per heavy atom. The lowest BCUT2D eigenvalue weighted by Crippen LogP contribution is -2.07. The van der Waals surface area contributed by atoms with Crippen molar-refractivity contribution in [2.24, 2.45) is 0 Å².